The quantitative estimate of drug-likeness (QED) is 0.724. The average Bonchev–Trinajstić information content (AvgIpc) is 2.63. The summed E-state index contributed by atoms with van der Waals surface area (Å²) in [5.74, 6) is 0.490. The zero-order valence-corrected chi connectivity index (χ0v) is 15.8. The predicted octanol–water partition coefficient (Wildman–Crippen LogP) is 4.11. The number of anilines is 4. The van der Waals surface area contributed by atoms with E-state index in [2.05, 4.69) is 22.5 Å². The predicted molar refractivity (Wildman–Crippen MR) is 110 cm³/mol. The van der Waals surface area contributed by atoms with Gasteiger partial charge in [-0.15, -0.1) is 0 Å². The van der Waals surface area contributed by atoms with Crippen molar-refractivity contribution in [2.24, 2.45) is 5.92 Å². The highest BCUT2D eigenvalue weighted by molar-refractivity contribution is 6.09. The molecule has 2 aromatic rings. The number of nitrogen functional groups attached to an aromatic ring is 1. The number of aryl methyl sites for hydroxylation is 1. The molecule has 1 fully saturated rings. The molecule has 0 spiro atoms. The second-order valence-corrected chi connectivity index (χ2v) is 7.22. The topological polar surface area (TPSA) is 70.4 Å². The Balaban J connectivity index is 1.94. The minimum Gasteiger partial charge on any atom is -0.397 e. The zero-order valence-electron chi connectivity index (χ0n) is 15.8. The van der Waals surface area contributed by atoms with E-state index in [0.717, 1.165) is 42.1 Å². The van der Waals surface area contributed by atoms with E-state index in [1.807, 2.05) is 44.3 Å². The fourth-order valence-electron chi connectivity index (χ4n) is 3.51. The van der Waals surface area contributed by atoms with Gasteiger partial charge in [0.05, 0.1) is 22.6 Å². The summed E-state index contributed by atoms with van der Waals surface area (Å²) in [7, 11) is 1.85. The van der Waals surface area contributed by atoms with Crippen LogP contribution in [0.3, 0.4) is 0 Å². The minimum absolute atomic E-state index is 0.128. The largest absolute Gasteiger partial charge is 0.397 e. The monoisotopic (exact) mass is 352 g/mol. The van der Waals surface area contributed by atoms with Gasteiger partial charge in [0.15, 0.2) is 0 Å². The summed E-state index contributed by atoms with van der Waals surface area (Å²) >= 11 is 0. The first-order valence-electron chi connectivity index (χ1n) is 9.22. The van der Waals surface area contributed by atoms with Crippen molar-refractivity contribution >= 4 is 28.7 Å². The fraction of sp³-hybridized carbons (Fsp3) is 0.381. The van der Waals surface area contributed by atoms with E-state index in [0.29, 0.717) is 17.2 Å². The third kappa shape index (κ3) is 3.93. The maximum absolute atomic E-state index is 13.0. The first-order valence-corrected chi connectivity index (χ1v) is 9.22. The summed E-state index contributed by atoms with van der Waals surface area (Å²) < 4.78 is 0. The van der Waals surface area contributed by atoms with Gasteiger partial charge < -0.3 is 21.3 Å². The lowest BCUT2D eigenvalue weighted by Gasteiger charge is -2.34. The molecule has 5 nitrogen and oxygen atoms in total. The number of rotatable bonds is 4. The number of piperidine rings is 1. The Morgan fingerprint density at radius 2 is 1.96 bits per heavy atom. The summed E-state index contributed by atoms with van der Waals surface area (Å²) in [6, 6.07) is 11.6. The van der Waals surface area contributed by atoms with Crippen molar-refractivity contribution in [3.05, 3.63) is 47.5 Å². The molecule has 0 aliphatic carbocycles. The summed E-state index contributed by atoms with van der Waals surface area (Å²) in [5, 5.41) is 6.12. The molecule has 1 aliphatic rings. The molecule has 1 atom stereocenters. The van der Waals surface area contributed by atoms with Gasteiger partial charge in [-0.05, 0) is 49.9 Å². The van der Waals surface area contributed by atoms with Crippen LogP contribution in [-0.4, -0.2) is 26.0 Å². The van der Waals surface area contributed by atoms with E-state index in [1.54, 1.807) is 6.07 Å². The number of benzene rings is 2. The first kappa shape index (κ1) is 18.1. The van der Waals surface area contributed by atoms with E-state index in [-0.39, 0.29) is 5.91 Å². The third-order valence-corrected chi connectivity index (χ3v) is 4.99. The van der Waals surface area contributed by atoms with E-state index in [9.17, 15) is 4.79 Å². The van der Waals surface area contributed by atoms with Gasteiger partial charge in [-0.25, -0.2) is 0 Å². The maximum atomic E-state index is 13.0. The normalized spacial score (nSPS) is 17.0. The molecule has 0 radical (unpaired) electrons. The first-order chi connectivity index (χ1) is 12.5. The molecule has 3 rings (SSSR count). The molecule has 0 bridgehead atoms. The molecule has 1 heterocycles. The number of carbonyl (C=O) groups excluding carboxylic acids is 1. The average molecular weight is 352 g/mol. The molecular weight excluding hydrogens is 324 g/mol. The molecule has 1 saturated heterocycles. The van der Waals surface area contributed by atoms with Crippen LogP contribution in [0.1, 0.15) is 35.7 Å². The second-order valence-electron chi connectivity index (χ2n) is 7.22. The van der Waals surface area contributed by atoms with Crippen LogP contribution in [0.2, 0.25) is 0 Å². The van der Waals surface area contributed by atoms with E-state index < -0.39 is 0 Å². The molecule has 1 unspecified atom stereocenters. The maximum Gasteiger partial charge on any atom is 0.257 e. The number of nitrogens with two attached hydrogens (primary N) is 1. The lowest BCUT2D eigenvalue weighted by molar-refractivity contribution is 0.102. The molecule has 4 N–H and O–H groups in total. The van der Waals surface area contributed by atoms with Gasteiger partial charge in [0.1, 0.15) is 0 Å². The Bertz CT molecular complexity index is 785. The number of nitrogens with zero attached hydrogens (tertiary/aromatic N) is 1. The van der Waals surface area contributed by atoms with Crippen molar-refractivity contribution in [1.82, 2.24) is 0 Å². The zero-order chi connectivity index (χ0) is 18.7. The van der Waals surface area contributed by atoms with Gasteiger partial charge in [-0.2, -0.15) is 0 Å². The van der Waals surface area contributed by atoms with Crippen molar-refractivity contribution in [3.63, 3.8) is 0 Å². The van der Waals surface area contributed by atoms with E-state index in [1.165, 1.54) is 6.42 Å². The lowest BCUT2D eigenvalue weighted by Crippen LogP contribution is -2.35. The van der Waals surface area contributed by atoms with Crippen LogP contribution in [-0.2, 0) is 0 Å². The number of hydrogen-bond donors (Lipinski definition) is 3. The summed E-state index contributed by atoms with van der Waals surface area (Å²) in [4.78, 5) is 15.3. The highest BCUT2D eigenvalue weighted by atomic mass is 16.1. The van der Waals surface area contributed by atoms with Crippen molar-refractivity contribution in [2.75, 3.05) is 41.4 Å². The third-order valence-electron chi connectivity index (χ3n) is 4.99. The SMILES string of the molecule is CNc1cc(N2CCCC(C)C2)c(C(=O)Nc2ccc(C)cc2)cc1N. The number of carbonyl (C=O) groups is 1. The van der Waals surface area contributed by atoms with Crippen LogP contribution in [0, 0.1) is 12.8 Å². The molecular formula is C21H28N4O. The van der Waals surface area contributed by atoms with Crippen LogP contribution >= 0.6 is 0 Å². The van der Waals surface area contributed by atoms with E-state index >= 15 is 0 Å². The summed E-state index contributed by atoms with van der Waals surface area (Å²) in [6.07, 6.45) is 2.37. The fourth-order valence-corrected chi connectivity index (χ4v) is 3.51. The summed E-state index contributed by atoms with van der Waals surface area (Å²) in [6.45, 7) is 6.20. The molecule has 138 valence electrons. The smallest absolute Gasteiger partial charge is 0.257 e. The standard InChI is InChI=1S/C21H28N4O/c1-14-6-8-16(9-7-14)24-21(26)17-11-18(22)19(23-3)12-20(17)25-10-4-5-15(2)13-25/h6-9,11-12,15,23H,4-5,10,13,22H2,1-3H3,(H,24,26). The van der Waals surface area contributed by atoms with Crippen molar-refractivity contribution < 1.29 is 4.79 Å². The van der Waals surface area contributed by atoms with Crippen LogP contribution in [0.15, 0.2) is 36.4 Å². The van der Waals surface area contributed by atoms with Gasteiger partial charge in [-0.3, -0.25) is 4.79 Å². The van der Waals surface area contributed by atoms with Crippen LogP contribution in [0.25, 0.3) is 0 Å². The van der Waals surface area contributed by atoms with E-state index in [4.69, 9.17) is 5.73 Å². The van der Waals surface area contributed by atoms with Crippen LogP contribution in [0.4, 0.5) is 22.7 Å². The second kappa shape index (κ2) is 7.68. The van der Waals surface area contributed by atoms with Crippen molar-refractivity contribution in [1.29, 1.82) is 0 Å². The Kier molecular flexibility index (Phi) is 5.35. The number of amides is 1. The van der Waals surface area contributed by atoms with Gasteiger partial charge in [0.25, 0.3) is 5.91 Å². The van der Waals surface area contributed by atoms with Crippen molar-refractivity contribution in [2.45, 2.75) is 26.7 Å². The minimum atomic E-state index is -0.128. The van der Waals surface area contributed by atoms with Crippen LogP contribution in [0.5, 0.6) is 0 Å². The van der Waals surface area contributed by atoms with Gasteiger partial charge in [0.2, 0.25) is 0 Å². The van der Waals surface area contributed by atoms with Gasteiger partial charge in [0, 0.05) is 25.8 Å². The van der Waals surface area contributed by atoms with Crippen LogP contribution < -0.4 is 21.3 Å². The molecule has 5 heteroatoms. The number of hydrogen-bond acceptors (Lipinski definition) is 4. The molecule has 2 aromatic carbocycles. The highest BCUT2D eigenvalue weighted by Crippen LogP contribution is 2.33. The lowest BCUT2D eigenvalue weighted by atomic mass is 9.98. The van der Waals surface area contributed by atoms with Gasteiger partial charge >= 0.3 is 0 Å². The van der Waals surface area contributed by atoms with Gasteiger partial charge in [-0.1, -0.05) is 24.6 Å². The molecule has 1 amide bonds. The molecule has 26 heavy (non-hydrogen) atoms. The Morgan fingerprint density at radius 3 is 2.62 bits per heavy atom. The Labute approximate surface area is 155 Å². The Hall–Kier alpha value is -2.69. The Morgan fingerprint density at radius 1 is 1.23 bits per heavy atom. The highest BCUT2D eigenvalue weighted by Gasteiger charge is 2.23. The molecule has 0 saturated carbocycles. The van der Waals surface area contributed by atoms with Crippen molar-refractivity contribution in [3.8, 4) is 0 Å². The molecule has 1 aliphatic heterocycles. The molecule has 0 aromatic heterocycles. The number of nitrogens with one attached hydrogen (secondary N) is 2. The summed E-state index contributed by atoms with van der Waals surface area (Å²) in [5.41, 5.74) is 11.1.